The molecule has 0 aliphatic carbocycles. The van der Waals surface area contributed by atoms with Gasteiger partial charge in [0, 0.05) is 5.56 Å². The summed E-state index contributed by atoms with van der Waals surface area (Å²) in [6, 6.07) is 6.31. The van der Waals surface area contributed by atoms with Crippen molar-refractivity contribution in [3.05, 3.63) is 46.0 Å². The number of benzene rings is 2. The van der Waals surface area contributed by atoms with E-state index in [0.717, 1.165) is 16.5 Å². The number of fused-ring (bicyclic) bond motifs is 1. The molecule has 2 rings (SSSR count). The lowest BCUT2D eigenvalue weighted by Crippen LogP contribution is -2.02. The second-order valence-corrected chi connectivity index (χ2v) is 4.86. The summed E-state index contributed by atoms with van der Waals surface area (Å²) in [5.41, 5.74) is 5.74. The Balaban J connectivity index is 3.04. The Labute approximate surface area is 102 Å². The van der Waals surface area contributed by atoms with Crippen LogP contribution in [-0.2, 0) is 0 Å². The molecule has 0 aliphatic heterocycles. The van der Waals surface area contributed by atoms with Crippen molar-refractivity contribution in [1.29, 1.82) is 0 Å². The minimum atomic E-state index is 0.152. The zero-order chi connectivity index (χ0) is 12.7. The van der Waals surface area contributed by atoms with Gasteiger partial charge in [-0.15, -0.1) is 0 Å². The lowest BCUT2D eigenvalue weighted by atomic mass is 9.89. The van der Waals surface area contributed by atoms with Crippen molar-refractivity contribution >= 4 is 16.6 Å². The van der Waals surface area contributed by atoms with E-state index in [0.29, 0.717) is 0 Å². The van der Waals surface area contributed by atoms with Crippen molar-refractivity contribution in [2.45, 2.75) is 34.6 Å². The number of ketones is 1. The van der Waals surface area contributed by atoms with E-state index in [4.69, 9.17) is 0 Å². The molecule has 0 radical (unpaired) electrons. The van der Waals surface area contributed by atoms with Crippen molar-refractivity contribution in [3.63, 3.8) is 0 Å². The molecule has 17 heavy (non-hydrogen) atoms. The maximum Gasteiger partial charge on any atom is 0.160 e. The molecule has 0 saturated carbocycles. The standard InChI is InChI=1S/C16H18O/c1-9-6-7-14-15(8-9)11(3)10(2)12(4)16(14)13(5)17/h6-8H,1-5H3. The molecule has 88 valence electrons. The van der Waals surface area contributed by atoms with Crippen LogP contribution in [0.3, 0.4) is 0 Å². The molecule has 2 aromatic carbocycles. The molecule has 0 fully saturated rings. The van der Waals surface area contributed by atoms with Gasteiger partial charge < -0.3 is 0 Å². The van der Waals surface area contributed by atoms with Crippen molar-refractivity contribution in [2.24, 2.45) is 0 Å². The predicted molar refractivity (Wildman–Crippen MR) is 72.9 cm³/mol. The summed E-state index contributed by atoms with van der Waals surface area (Å²) in [7, 11) is 0. The van der Waals surface area contributed by atoms with E-state index < -0.39 is 0 Å². The zero-order valence-corrected chi connectivity index (χ0v) is 11.1. The summed E-state index contributed by atoms with van der Waals surface area (Å²) in [5, 5.41) is 2.29. The monoisotopic (exact) mass is 226 g/mol. The molecule has 1 nitrogen and oxygen atoms in total. The quantitative estimate of drug-likeness (QED) is 0.663. The number of rotatable bonds is 1. The van der Waals surface area contributed by atoms with E-state index in [1.807, 2.05) is 6.92 Å². The number of hydrogen-bond donors (Lipinski definition) is 0. The van der Waals surface area contributed by atoms with Crippen LogP contribution in [0.15, 0.2) is 18.2 Å². The van der Waals surface area contributed by atoms with E-state index >= 15 is 0 Å². The second-order valence-electron chi connectivity index (χ2n) is 4.86. The van der Waals surface area contributed by atoms with Gasteiger partial charge in [-0.3, -0.25) is 4.79 Å². The molecular formula is C16H18O. The fraction of sp³-hybridized carbons (Fsp3) is 0.312. The van der Waals surface area contributed by atoms with Gasteiger partial charge in [0.15, 0.2) is 5.78 Å². The molecule has 0 heterocycles. The molecule has 0 saturated heterocycles. The third-order valence-corrected chi connectivity index (χ3v) is 3.70. The highest BCUT2D eigenvalue weighted by atomic mass is 16.1. The van der Waals surface area contributed by atoms with Gasteiger partial charge in [0.1, 0.15) is 0 Å². The van der Waals surface area contributed by atoms with Gasteiger partial charge in [-0.05, 0) is 62.1 Å². The number of hydrogen-bond acceptors (Lipinski definition) is 1. The zero-order valence-electron chi connectivity index (χ0n) is 11.1. The molecule has 0 aliphatic rings. The molecule has 0 aromatic heterocycles. The minimum absolute atomic E-state index is 0.152. The van der Waals surface area contributed by atoms with Gasteiger partial charge >= 0.3 is 0 Å². The maximum atomic E-state index is 11.8. The smallest absolute Gasteiger partial charge is 0.160 e. The van der Waals surface area contributed by atoms with Crippen LogP contribution in [0, 0.1) is 27.7 Å². The Kier molecular flexibility index (Phi) is 2.78. The molecule has 0 spiro atoms. The first kappa shape index (κ1) is 11.8. The Bertz CT molecular complexity index is 621. The molecular weight excluding hydrogens is 208 g/mol. The van der Waals surface area contributed by atoms with Crippen molar-refractivity contribution < 1.29 is 4.79 Å². The van der Waals surface area contributed by atoms with Crippen LogP contribution < -0.4 is 0 Å². The molecule has 2 aromatic rings. The molecule has 0 N–H and O–H groups in total. The fourth-order valence-corrected chi connectivity index (χ4v) is 2.51. The summed E-state index contributed by atoms with van der Waals surface area (Å²) in [6.45, 7) is 10.0. The summed E-state index contributed by atoms with van der Waals surface area (Å²) in [5.74, 6) is 0.152. The molecule has 0 amide bonds. The van der Waals surface area contributed by atoms with Gasteiger partial charge in [-0.25, -0.2) is 0 Å². The Morgan fingerprint density at radius 1 is 0.882 bits per heavy atom. The third-order valence-electron chi connectivity index (χ3n) is 3.70. The highest BCUT2D eigenvalue weighted by molar-refractivity contribution is 6.09. The van der Waals surface area contributed by atoms with Gasteiger partial charge in [-0.2, -0.15) is 0 Å². The largest absolute Gasteiger partial charge is 0.294 e. The SMILES string of the molecule is CC(=O)c1c(C)c(C)c(C)c2cc(C)ccc12. The van der Waals surface area contributed by atoms with Crippen LogP contribution >= 0.6 is 0 Å². The second kappa shape index (κ2) is 3.99. The summed E-state index contributed by atoms with van der Waals surface area (Å²) < 4.78 is 0. The normalized spacial score (nSPS) is 10.9. The molecule has 0 bridgehead atoms. The average molecular weight is 226 g/mol. The fourth-order valence-electron chi connectivity index (χ4n) is 2.51. The summed E-state index contributed by atoms with van der Waals surface area (Å²) in [4.78, 5) is 11.8. The Morgan fingerprint density at radius 2 is 1.53 bits per heavy atom. The minimum Gasteiger partial charge on any atom is -0.294 e. The van der Waals surface area contributed by atoms with Crippen molar-refractivity contribution in [1.82, 2.24) is 0 Å². The molecule has 1 heteroatoms. The number of aryl methyl sites for hydroxylation is 2. The molecule has 0 atom stereocenters. The Hall–Kier alpha value is -1.63. The predicted octanol–water partition coefficient (Wildman–Crippen LogP) is 4.28. The lowest BCUT2D eigenvalue weighted by molar-refractivity contribution is 0.101. The van der Waals surface area contributed by atoms with Gasteiger partial charge in [0.05, 0.1) is 0 Å². The Morgan fingerprint density at radius 3 is 2.12 bits per heavy atom. The van der Waals surface area contributed by atoms with Crippen molar-refractivity contribution in [2.75, 3.05) is 0 Å². The van der Waals surface area contributed by atoms with E-state index in [-0.39, 0.29) is 5.78 Å². The summed E-state index contributed by atoms with van der Waals surface area (Å²) in [6.07, 6.45) is 0. The summed E-state index contributed by atoms with van der Waals surface area (Å²) >= 11 is 0. The van der Waals surface area contributed by atoms with Gasteiger partial charge in [0.25, 0.3) is 0 Å². The maximum absolute atomic E-state index is 11.8. The third kappa shape index (κ3) is 1.76. The van der Waals surface area contributed by atoms with E-state index in [2.05, 4.69) is 39.0 Å². The van der Waals surface area contributed by atoms with Crippen LogP contribution in [0.25, 0.3) is 10.8 Å². The first-order chi connectivity index (χ1) is 7.93. The first-order valence-corrected chi connectivity index (χ1v) is 5.94. The average Bonchev–Trinajstić information content (AvgIpc) is 2.27. The van der Waals surface area contributed by atoms with Crippen molar-refractivity contribution in [3.8, 4) is 0 Å². The topological polar surface area (TPSA) is 17.1 Å². The van der Waals surface area contributed by atoms with Crippen LogP contribution in [0.2, 0.25) is 0 Å². The van der Waals surface area contributed by atoms with E-state index in [9.17, 15) is 4.79 Å². The van der Waals surface area contributed by atoms with E-state index in [1.165, 1.54) is 22.1 Å². The highest BCUT2D eigenvalue weighted by Gasteiger charge is 2.14. The van der Waals surface area contributed by atoms with Crippen LogP contribution in [0.1, 0.15) is 39.5 Å². The van der Waals surface area contributed by atoms with Crippen LogP contribution in [0.4, 0.5) is 0 Å². The number of Topliss-reactive ketones (excluding diaryl/α,β-unsaturated/α-hetero) is 1. The van der Waals surface area contributed by atoms with Gasteiger partial charge in [0.2, 0.25) is 0 Å². The highest BCUT2D eigenvalue weighted by Crippen LogP contribution is 2.30. The number of carbonyl (C=O) groups is 1. The first-order valence-electron chi connectivity index (χ1n) is 5.94. The van der Waals surface area contributed by atoms with E-state index in [1.54, 1.807) is 6.92 Å². The van der Waals surface area contributed by atoms with Crippen LogP contribution in [0.5, 0.6) is 0 Å². The van der Waals surface area contributed by atoms with Crippen LogP contribution in [-0.4, -0.2) is 5.78 Å². The van der Waals surface area contributed by atoms with Gasteiger partial charge in [-0.1, -0.05) is 23.8 Å². The molecule has 0 unspecified atom stereocenters. The lowest BCUT2D eigenvalue weighted by Gasteiger charge is -2.15. The number of carbonyl (C=O) groups excluding carboxylic acids is 1.